The van der Waals surface area contributed by atoms with Gasteiger partial charge in [-0.1, -0.05) is 30.8 Å². The second-order valence-corrected chi connectivity index (χ2v) is 5.44. The summed E-state index contributed by atoms with van der Waals surface area (Å²) < 4.78 is 2.26. The van der Waals surface area contributed by atoms with Gasteiger partial charge in [0.05, 0.1) is 0 Å². The summed E-state index contributed by atoms with van der Waals surface area (Å²) >= 11 is 0. The monoisotopic (exact) mass is 264 g/mol. The molecule has 0 aliphatic carbocycles. The Morgan fingerprint density at radius 3 is 2.65 bits per heavy atom. The van der Waals surface area contributed by atoms with Crippen molar-refractivity contribution >= 4 is 21.8 Å². The highest BCUT2D eigenvalue weighted by molar-refractivity contribution is 6.08. The molecule has 102 valence electrons. The van der Waals surface area contributed by atoms with Crippen molar-refractivity contribution in [3.8, 4) is 0 Å². The molecule has 0 radical (unpaired) electrons. The van der Waals surface area contributed by atoms with Crippen molar-refractivity contribution in [2.75, 3.05) is 0 Å². The fraction of sp³-hybridized carbons (Fsp3) is 0.222. The number of nitrogens with two attached hydrogens (primary N) is 1. The Morgan fingerprint density at radius 2 is 1.85 bits per heavy atom. The van der Waals surface area contributed by atoms with E-state index in [1.54, 1.807) is 0 Å². The van der Waals surface area contributed by atoms with E-state index in [1.807, 2.05) is 0 Å². The highest BCUT2D eigenvalue weighted by atomic mass is 14.9. The van der Waals surface area contributed by atoms with Crippen LogP contribution in [0.3, 0.4) is 0 Å². The third kappa shape index (κ3) is 2.18. The number of allylic oxidation sites excluding steroid dienone is 1. The van der Waals surface area contributed by atoms with Crippen LogP contribution in [0.2, 0.25) is 0 Å². The molecule has 0 aliphatic heterocycles. The number of para-hydroxylation sites is 1. The van der Waals surface area contributed by atoms with Crippen LogP contribution in [-0.2, 0) is 13.5 Å². The zero-order valence-electron chi connectivity index (χ0n) is 11.9. The lowest BCUT2D eigenvalue weighted by Gasteiger charge is -2.03. The summed E-state index contributed by atoms with van der Waals surface area (Å²) in [6.07, 6.45) is 3.01. The van der Waals surface area contributed by atoms with Crippen molar-refractivity contribution in [3.05, 3.63) is 60.3 Å². The van der Waals surface area contributed by atoms with E-state index in [9.17, 15) is 0 Å². The molecule has 0 aliphatic rings. The Balaban J connectivity index is 2.02. The lowest BCUT2D eigenvalue weighted by atomic mass is 10.0. The summed E-state index contributed by atoms with van der Waals surface area (Å²) in [6, 6.07) is 15.3. The Labute approximate surface area is 119 Å². The number of rotatable bonds is 4. The number of benzene rings is 2. The van der Waals surface area contributed by atoms with Crippen molar-refractivity contribution < 1.29 is 0 Å². The molecule has 0 spiro atoms. The Morgan fingerprint density at radius 1 is 1.10 bits per heavy atom. The summed E-state index contributed by atoms with van der Waals surface area (Å²) in [7, 11) is 2.13. The van der Waals surface area contributed by atoms with Crippen LogP contribution in [0.5, 0.6) is 0 Å². The number of aromatic nitrogens is 1. The van der Waals surface area contributed by atoms with Gasteiger partial charge >= 0.3 is 0 Å². The minimum Gasteiger partial charge on any atom is -0.403 e. The van der Waals surface area contributed by atoms with Crippen molar-refractivity contribution in [2.24, 2.45) is 12.8 Å². The number of hydrogen-bond donors (Lipinski definition) is 1. The number of nitrogens with zero attached hydrogens (tertiary/aromatic N) is 1. The lowest BCUT2D eigenvalue weighted by molar-refractivity contribution is 0.808. The van der Waals surface area contributed by atoms with E-state index in [2.05, 4.69) is 60.7 Å². The molecule has 1 aromatic heterocycles. The van der Waals surface area contributed by atoms with Crippen LogP contribution >= 0.6 is 0 Å². The molecule has 1 heterocycles. The molecule has 2 aromatic carbocycles. The Kier molecular flexibility index (Phi) is 3.23. The fourth-order valence-electron chi connectivity index (χ4n) is 2.89. The molecular weight excluding hydrogens is 244 g/mol. The average Bonchev–Trinajstić information content (AvgIpc) is 2.73. The molecule has 0 atom stereocenters. The molecule has 0 saturated heterocycles. The molecule has 2 nitrogen and oxygen atoms in total. The van der Waals surface area contributed by atoms with E-state index < -0.39 is 0 Å². The van der Waals surface area contributed by atoms with Crippen LogP contribution in [0.15, 0.2) is 54.7 Å². The molecule has 0 saturated carbocycles. The molecule has 2 heteroatoms. The maximum atomic E-state index is 5.63. The van der Waals surface area contributed by atoms with Gasteiger partial charge < -0.3 is 10.3 Å². The molecule has 0 bridgehead atoms. The third-order valence-electron chi connectivity index (χ3n) is 3.94. The first-order valence-electron chi connectivity index (χ1n) is 7.06. The molecule has 3 rings (SSSR count). The summed E-state index contributed by atoms with van der Waals surface area (Å²) in [6.45, 7) is 3.75. The summed E-state index contributed by atoms with van der Waals surface area (Å²) in [5.74, 6) is 0. The van der Waals surface area contributed by atoms with Crippen LogP contribution in [0.4, 0.5) is 0 Å². The van der Waals surface area contributed by atoms with Crippen LogP contribution < -0.4 is 5.73 Å². The third-order valence-corrected chi connectivity index (χ3v) is 3.94. The maximum Gasteiger partial charge on any atom is 0.0488 e. The average molecular weight is 264 g/mol. The first kappa shape index (κ1) is 12.8. The van der Waals surface area contributed by atoms with Crippen molar-refractivity contribution in [3.63, 3.8) is 0 Å². The summed E-state index contributed by atoms with van der Waals surface area (Å²) in [4.78, 5) is 0. The van der Waals surface area contributed by atoms with Gasteiger partial charge in [0.15, 0.2) is 0 Å². The van der Waals surface area contributed by atoms with Gasteiger partial charge in [-0.15, -0.1) is 0 Å². The highest BCUT2D eigenvalue weighted by Gasteiger charge is 2.07. The predicted molar refractivity (Wildman–Crippen MR) is 86.7 cm³/mol. The highest BCUT2D eigenvalue weighted by Crippen LogP contribution is 2.29. The molecule has 2 N–H and O–H groups in total. The van der Waals surface area contributed by atoms with Gasteiger partial charge in [-0.25, -0.2) is 0 Å². The summed E-state index contributed by atoms with van der Waals surface area (Å²) in [5.41, 5.74) is 10.3. The van der Waals surface area contributed by atoms with E-state index in [1.165, 1.54) is 27.4 Å². The van der Waals surface area contributed by atoms with Crippen molar-refractivity contribution in [1.29, 1.82) is 0 Å². The van der Waals surface area contributed by atoms with Crippen LogP contribution in [0.25, 0.3) is 21.8 Å². The molecule has 0 amide bonds. The van der Waals surface area contributed by atoms with Crippen molar-refractivity contribution in [1.82, 2.24) is 4.57 Å². The van der Waals surface area contributed by atoms with Gasteiger partial charge in [-0.2, -0.15) is 0 Å². The maximum absolute atomic E-state index is 5.63. The minimum absolute atomic E-state index is 0.774. The number of fused-ring (bicyclic) bond motifs is 3. The second-order valence-electron chi connectivity index (χ2n) is 5.44. The SMILES string of the molecule is C=C(N)CCCc1ccc2c(c1)c1ccccc1n2C. The zero-order valence-corrected chi connectivity index (χ0v) is 11.9. The van der Waals surface area contributed by atoms with Gasteiger partial charge in [0, 0.05) is 34.6 Å². The first-order chi connectivity index (χ1) is 9.66. The second kappa shape index (κ2) is 5.04. The smallest absolute Gasteiger partial charge is 0.0488 e. The number of hydrogen-bond acceptors (Lipinski definition) is 1. The standard InChI is InChI=1S/C18H20N2/c1-13(19)6-5-7-14-10-11-18-16(12-14)15-8-3-4-9-17(15)20(18)2/h3-4,8-12H,1,5-7,19H2,2H3. The van der Waals surface area contributed by atoms with Gasteiger partial charge in [0.2, 0.25) is 0 Å². The molecule has 20 heavy (non-hydrogen) atoms. The van der Waals surface area contributed by atoms with E-state index in [4.69, 9.17) is 5.73 Å². The van der Waals surface area contributed by atoms with E-state index in [0.717, 1.165) is 25.0 Å². The molecule has 0 fully saturated rings. The van der Waals surface area contributed by atoms with Gasteiger partial charge in [0.25, 0.3) is 0 Å². The quantitative estimate of drug-likeness (QED) is 0.754. The fourth-order valence-corrected chi connectivity index (χ4v) is 2.89. The van der Waals surface area contributed by atoms with Crippen LogP contribution in [-0.4, -0.2) is 4.57 Å². The molecular formula is C18H20N2. The Bertz CT molecular complexity index is 781. The summed E-state index contributed by atoms with van der Waals surface area (Å²) in [5, 5.41) is 2.67. The van der Waals surface area contributed by atoms with Crippen LogP contribution in [0.1, 0.15) is 18.4 Å². The van der Waals surface area contributed by atoms with Crippen LogP contribution in [0, 0.1) is 0 Å². The minimum atomic E-state index is 0.774. The predicted octanol–water partition coefficient (Wildman–Crippen LogP) is 4.13. The molecule has 0 unspecified atom stereocenters. The van der Waals surface area contributed by atoms with E-state index >= 15 is 0 Å². The topological polar surface area (TPSA) is 30.9 Å². The number of aryl methyl sites for hydroxylation is 2. The largest absolute Gasteiger partial charge is 0.403 e. The molecule has 3 aromatic rings. The van der Waals surface area contributed by atoms with Gasteiger partial charge in [0.1, 0.15) is 0 Å². The van der Waals surface area contributed by atoms with E-state index in [0.29, 0.717) is 0 Å². The van der Waals surface area contributed by atoms with E-state index in [-0.39, 0.29) is 0 Å². The van der Waals surface area contributed by atoms with Gasteiger partial charge in [-0.3, -0.25) is 0 Å². The lowest BCUT2D eigenvalue weighted by Crippen LogP contribution is -1.95. The zero-order chi connectivity index (χ0) is 14.1. The Hall–Kier alpha value is -2.22. The first-order valence-corrected chi connectivity index (χ1v) is 7.06. The van der Waals surface area contributed by atoms with Crippen molar-refractivity contribution in [2.45, 2.75) is 19.3 Å². The van der Waals surface area contributed by atoms with Gasteiger partial charge in [-0.05, 0) is 43.0 Å². The normalized spacial score (nSPS) is 11.2.